The second-order valence-electron chi connectivity index (χ2n) is 9.01. The molecule has 0 spiro atoms. The molecule has 2 aromatic carbocycles. The number of carbonyl (C=O) groups is 1. The molecule has 0 unspecified atom stereocenters. The van der Waals surface area contributed by atoms with Gasteiger partial charge < -0.3 is 20.6 Å². The average molecular weight is 581 g/mol. The molecule has 1 fully saturated rings. The molecule has 4 N–H and O–H groups in total. The second kappa shape index (κ2) is 12.0. The number of aromatic nitrogens is 1. The fourth-order valence-corrected chi connectivity index (χ4v) is 5.73. The van der Waals surface area contributed by atoms with Gasteiger partial charge in [-0.2, -0.15) is 28.4 Å². The van der Waals surface area contributed by atoms with Gasteiger partial charge in [-0.15, -0.1) is 0 Å². The van der Waals surface area contributed by atoms with Crippen LogP contribution in [-0.2, 0) is 12.6 Å². The van der Waals surface area contributed by atoms with Crippen LogP contribution in [0.1, 0.15) is 53.7 Å². The zero-order chi connectivity index (χ0) is 28.2. The van der Waals surface area contributed by atoms with Crippen LogP contribution in [0.2, 0.25) is 5.02 Å². The summed E-state index contributed by atoms with van der Waals surface area (Å²) in [6.07, 6.45) is 0.661. The summed E-state index contributed by atoms with van der Waals surface area (Å²) in [4.78, 5) is 13.3. The van der Waals surface area contributed by atoms with Crippen LogP contribution < -0.4 is 15.9 Å². The number of thiazole rings is 1. The quantitative estimate of drug-likeness (QED) is 0.298. The minimum absolute atomic E-state index is 0.0117. The fraction of sp³-hybridized carbons (Fsp3) is 0.308. The highest BCUT2D eigenvalue weighted by molar-refractivity contribution is 7.17. The highest BCUT2D eigenvalue weighted by Gasteiger charge is 2.34. The molecule has 39 heavy (non-hydrogen) atoms. The number of carboxylic acid groups (broad SMARTS) is 2. The van der Waals surface area contributed by atoms with E-state index in [1.807, 2.05) is 6.07 Å². The molecule has 5 rings (SSSR count). The lowest BCUT2D eigenvalue weighted by molar-refractivity contribution is -0.138. The number of nitrogens with one attached hydrogen (secondary N) is 1. The van der Waals surface area contributed by atoms with Gasteiger partial charge in [0.2, 0.25) is 5.88 Å². The summed E-state index contributed by atoms with van der Waals surface area (Å²) in [5.74, 6) is -0.204. The summed E-state index contributed by atoms with van der Waals surface area (Å²) in [5.41, 5.74) is 0.555. The summed E-state index contributed by atoms with van der Waals surface area (Å²) in [5, 5.41) is 38.0. The molecule has 8 nitrogen and oxygen atoms in total. The summed E-state index contributed by atoms with van der Waals surface area (Å²) >= 11 is 7.14. The van der Waals surface area contributed by atoms with Crippen molar-refractivity contribution < 1.29 is 33.3 Å². The van der Waals surface area contributed by atoms with Crippen molar-refractivity contribution in [1.82, 2.24) is 4.98 Å². The van der Waals surface area contributed by atoms with Crippen LogP contribution in [0.15, 0.2) is 46.6 Å². The minimum atomic E-state index is -4.57. The molecule has 2 aliphatic rings. The zero-order valence-electron chi connectivity index (χ0n) is 20.4. The average Bonchev–Trinajstić information content (AvgIpc) is 3.48. The van der Waals surface area contributed by atoms with E-state index in [4.69, 9.17) is 26.6 Å². The number of aromatic hydroxyl groups is 1. The van der Waals surface area contributed by atoms with E-state index in [0.717, 1.165) is 37.3 Å². The minimum Gasteiger partial charge on any atom is -0.492 e. The number of halogens is 4. The Morgan fingerprint density at radius 2 is 1.82 bits per heavy atom. The molecule has 1 aliphatic carbocycles. The van der Waals surface area contributed by atoms with E-state index in [0.29, 0.717) is 26.2 Å². The Bertz CT molecular complexity index is 1510. The van der Waals surface area contributed by atoms with Crippen molar-refractivity contribution in [2.75, 3.05) is 5.32 Å². The lowest BCUT2D eigenvalue weighted by atomic mass is 9.96. The van der Waals surface area contributed by atoms with Gasteiger partial charge in [0.05, 0.1) is 22.0 Å². The number of hydrogen-bond acceptors (Lipinski definition) is 7. The fourth-order valence-electron chi connectivity index (χ4n) is 4.55. The van der Waals surface area contributed by atoms with Gasteiger partial charge in [0.1, 0.15) is 0 Å². The van der Waals surface area contributed by atoms with Gasteiger partial charge in [0.15, 0.2) is 5.13 Å². The molecule has 1 aromatic heterocycles. The molecule has 2 heterocycles. The van der Waals surface area contributed by atoms with Gasteiger partial charge >= 0.3 is 12.3 Å². The summed E-state index contributed by atoms with van der Waals surface area (Å²) in [7, 11) is 0. The van der Waals surface area contributed by atoms with Crippen LogP contribution >= 0.6 is 22.9 Å². The van der Waals surface area contributed by atoms with Crippen LogP contribution in [0, 0.1) is 0 Å². The van der Waals surface area contributed by atoms with Gasteiger partial charge in [0, 0.05) is 23.0 Å². The molecule has 0 atom stereocenters. The second-order valence-corrected chi connectivity index (χ2v) is 10.4. The summed E-state index contributed by atoms with van der Waals surface area (Å²) < 4.78 is 41.5. The number of alkyl halides is 3. The molecule has 1 saturated carbocycles. The SMILES string of the molecule is O=C(O)O.Oc1nc(NC2CCCCC2)sc1C(Cc1ccc(Cl)cc1C(F)(F)F)=c1ccc2c(c1)C=NN=2. The molecule has 0 saturated heterocycles. The number of rotatable bonds is 5. The molecule has 0 amide bonds. The summed E-state index contributed by atoms with van der Waals surface area (Å²) in [6.45, 7) is 0. The van der Waals surface area contributed by atoms with E-state index < -0.39 is 17.9 Å². The van der Waals surface area contributed by atoms with Gasteiger partial charge in [-0.1, -0.05) is 54.3 Å². The highest BCUT2D eigenvalue weighted by atomic mass is 35.5. The molecule has 1 aliphatic heterocycles. The van der Waals surface area contributed by atoms with Crippen molar-refractivity contribution in [3.8, 4) is 5.88 Å². The Morgan fingerprint density at radius 3 is 2.51 bits per heavy atom. The molecule has 0 radical (unpaired) electrons. The number of hydrogen-bond donors (Lipinski definition) is 4. The third-order valence-electron chi connectivity index (χ3n) is 6.30. The van der Waals surface area contributed by atoms with Crippen molar-refractivity contribution >= 4 is 46.0 Å². The van der Waals surface area contributed by atoms with E-state index in [-0.39, 0.29) is 28.9 Å². The zero-order valence-corrected chi connectivity index (χ0v) is 21.9. The molecular weight excluding hydrogens is 557 g/mol. The van der Waals surface area contributed by atoms with E-state index in [1.54, 1.807) is 18.3 Å². The lowest BCUT2D eigenvalue weighted by Crippen LogP contribution is -2.21. The maximum Gasteiger partial charge on any atom is 0.503 e. The first-order valence-corrected chi connectivity index (χ1v) is 13.2. The third kappa shape index (κ3) is 7.27. The van der Waals surface area contributed by atoms with E-state index in [9.17, 15) is 18.3 Å². The van der Waals surface area contributed by atoms with Gasteiger partial charge in [-0.05, 0) is 53.5 Å². The maximum atomic E-state index is 13.8. The molecule has 13 heteroatoms. The van der Waals surface area contributed by atoms with Crippen molar-refractivity contribution in [2.45, 2.75) is 50.7 Å². The molecular formula is C26H24ClF3N4O4S. The lowest BCUT2D eigenvalue weighted by Gasteiger charge is -2.22. The van der Waals surface area contributed by atoms with E-state index >= 15 is 0 Å². The number of anilines is 1. The first kappa shape index (κ1) is 28.4. The van der Waals surface area contributed by atoms with Crippen molar-refractivity contribution in [1.29, 1.82) is 0 Å². The molecule has 3 aromatic rings. The van der Waals surface area contributed by atoms with Gasteiger partial charge in [0.25, 0.3) is 0 Å². The largest absolute Gasteiger partial charge is 0.503 e. The van der Waals surface area contributed by atoms with Crippen LogP contribution in [0.5, 0.6) is 5.88 Å². The Kier molecular flexibility index (Phi) is 8.76. The monoisotopic (exact) mass is 580 g/mol. The Hall–Kier alpha value is -3.64. The molecule has 0 bridgehead atoms. The Morgan fingerprint density at radius 1 is 1.10 bits per heavy atom. The number of nitrogens with zero attached hydrogens (tertiary/aromatic N) is 3. The highest BCUT2D eigenvalue weighted by Crippen LogP contribution is 2.39. The van der Waals surface area contributed by atoms with Gasteiger partial charge in [-0.25, -0.2) is 4.79 Å². The number of benzene rings is 2. The first-order valence-electron chi connectivity index (χ1n) is 12.0. The standard InChI is InChI=1S/C25H22ClF3N4OS.CH2O3/c26-17-8-6-15(20(12-17)25(27,28)29)11-19(14-7-9-21-16(10-14)13-30-33-21)22-23(34)32-24(35-22)31-18-4-2-1-3-5-18;2-1(3)4/h6-10,12-13,18,34H,1-5,11H2,(H,31,32);(H2,2,3,4). The van der Waals surface area contributed by atoms with E-state index in [1.165, 1.54) is 29.9 Å². The Balaban J connectivity index is 0.000000826. The van der Waals surface area contributed by atoms with Crippen molar-refractivity contribution in [3.05, 3.63) is 73.6 Å². The number of fused-ring (bicyclic) bond motifs is 1. The van der Waals surface area contributed by atoms with Crippen molar-refractivity contribution in [2.24, 2.45) is 10.2 Å². The maximum absolute atomic E-state index is 13.8. The van der Waals surface area contributed by atoms with Gasteiger partial charge in [-0.3, -0.25) is 0 Å². The van der Waals surface area contributed by atoms with Crippen molar-refractivity contribution in [3.63, 3.8) is 0 Å². The van der Waals surface area contributed by atoms with Crippen LogP contribution in [0.25, 0.3) is 5.57 Å². The summed E-state index contributed by atoms with van der Waals surface area (Å²) in [6, 6.07) is 9.41. The normalized spacial score (nSPS) is 15.6. The predicted molar refractivity (Wildman–Crippen MR) is 142 cm³/mol. The predicted octanol–water partition coefficient (Wildman–Crippen LogP) is 5.90. The first-order chi connectivity index (χ1) is 18.5. The van der Waals surface area contributed by atoms with Crippen LogP contribution in [0.4, 0.5) is 23.1 Å². The smallest absolute Gasteiger partial charge is 0.492 e. The van der Waals surface area contributed by atoms with E-state index in [2.05, 4.69) is 20.5 Å². The third-order valence-corrected chi connectivity index (χ3v) is 7.57. The van der Waals surface area contributed by atoms with Crippen LogP contribution in [-0.4, -0.2) is 38.7 Å². The van der Waals surface area contributed by atoms with Crippen LogP contribution in [0.3, 0.4) is 0 Å². The molecule has 206 valence electrons. The topological polar surface area (TPSA) is 127 Å². The Labute approximate surface area is 229 Å².